The van der Waals surface area contributed by atoms with Gasteiger partial charge in [0.05, 0.1) is 12.2 Å². The number of nitrogens with one attached hydrogen (secondary N) is 2. The minimum absolute atomic E-state index is 0. The minimum atomic E-state index is -0.340. The molecule has 2 N–H and O–H groups in total. The van der Waals surface area contributed by atoms with E-state index in [9.17, 15) is 4.39 Å². The normalized spacial score (nSPS) is 10.9. The number of halogens is 3. The molecule has 130 valence electrons. The smallest absolute Gasteiger partial charge is 0.191 e. The zero-order chi connectivity index (χ0) is 16.5. The summed E-state index contributed by atoms with van der Waals surface area (Å²) in [6.45, 7) is 3.64. The SMILES string of the molecule is CCNC(=NCc1ncccc1F)NCCc1ccc(Cl)cc1.I. The van der Waals surface area contributed by atoms with Gasteiger partial charge < -0.3 is 10.6 Å². The summed E-state index contributed by atoms with van der Waals surface area (Å²) in [4.78, 5) is 8.36. The number of aliphatic imine (C=N–C) groups is 1. The fourth-order valence-corrected chi connectivity index (χ4v) is 2.13. The maximum atomic E-state index is 13.5. The molecule has 0 atom stereocenters. The molecule has 0 spiro atoms. The van der Waals surface area contributed by atoms with Gasteiger partial charge in [-0.1, -0.05) is 23.7 Å². The number of aromatic nitrogens is 1. The molecule has 1 heterocycles. The number of pyridine rings is 1. The standard InChI is InChI=1S/C17H20ClFN4.HI/c1-2-20-17(23-12-16-15(19)4-3-10-21-16)22-11-9-13-5-7-14(18)8-6-13;/h3-8,10H,2,9,11-12H2,1H3,(H2,20,22,23);1H. The topological polar surface area (TPSA) is 49.3 Å². The molecule has 7 heteroatoms. The molecule has 2 rings (SSSR count). The van der Waals surface area contributed by atoms with E-state index >= 15 is 0 Å². The molecule has 1 aromatic heterocycles. The molecule has 0 saturated heterocycles. The van der Waals surface area contributed by atoms with Gasteiger partial charge in [-0.05, 0) is 43.2 Å². The second kappa shape index (κ2) is 11.2. The monoisotopic (exact) mass is 462 g/mol. The Hall–Kier alpha value is -1.41. The van der Waals surface area contributed by atoms with E-state index in [0.717, 1.165) is 24.5 Å². The third kappa shape index (κ3) is 7.00. The lowest BCUT2D eigenvalue weighted by Gasteiger charge is -2.11. The predicted molar refractivity (Wildman–Crippen MR) is 108 cm³/mol. The zero-order valence-electron chi connectivity index (χ0n) is 13.4. The van der Waals surface area contributed by atoms with E-state index in [2.05, 4.69) is 20.6 Å². The number of guanidine groups is 1. The van der Waals surface area contributed by atoms with E-state index in [0.29, 0.717) is 11.7 Å². The van der Waals surface area contributed by atoms with Crippen LogP contribution < -0.4 is 10.6 Å². The fourth-order valence-electron chi connectivity index (χ4n) is 2.01. The summed E-state index contributed by atoms with van der Waals surface area (Å²) in [5.74, 6) is 0.305. The molecule has 0 radical (unpaired) electrons. The zero-order valence-corrected chi connectivity index (χ0v) is 16.5. The van der Waals surface area contributed by atoms with Crippen LogP contribution in [0.25, 0.3) is 0 Å². The predicted octanol–water partition coefficient (Wildman–Crippen LogP) is 3.79. The van der Waals surface area contributed by atoms with Crippen LogP contribution in [0.15, 0.2) is 47.6 Å². The van der Waals surface area contributed by atoms with Crippen molar-refractivity contribution in [2.24, 2.45) is 4.99 Å². The van der Waals surface area contributed by atoms with Gasteiger partial charge in [0, 0.05) is 24.3 Å². The van der Waals surface area contributed by atoms with Crippen LogP contribution in [-0.2, 0) is 13.0 Å². The highest BCUT2D eigenvalue weighted by Gasteiger charge is 2.03. The average Bonchev–Trinajstić information content (AvgIpc) is 2.56. The first kappa shape index (κ1) is 20.6. The molecule has 4 nitrogen and oxygen atoms in total. The van der Waals surface area contributed by atoms with Crippen molar-refractivity contribution in [2.45, 2.75) is 19.9 Å². The van der Waals surface area contributed by atoms with Gasteiger partial charge in [-0.3, -0.25) is 4.98 Å². The molecule has 0 unspecified atom stereocenters. The highest BCUT2D eigenvalue weighted by atomic mass is 127. The molecule has 0 saturated carbocycles. The second-order valence-corrected chi connectivity index (χ2v) is 5.37. The highest BCUT2D eigenvalue weighted by Crippen LogP contribution is 2.09. The van der Waals surface area contributed by atoms with Crippen LogP contribution >= 0.6 is 35.6 Å². The van der Waals surface area contributed by atoms with Crippen LogP contribution in [0.1, 0.15) is 18.2 Å². The largest absolute Gasteiger partial charge is 0.357 e. The molecule has 0 fully saturated rings. The minimum Gasteiger partial charge on any atom is -0.357 e. The Morgan fingerprint density at radius 2 is 1.96 bits per heavy atom. The third-order valence-corrected chi connectivity index (χ3v) is 3.44. The first-order valence-electron chi connectivity index (χ1n) is 7.55. The molecular formula is C17H21ClFIN4. The number of hydrogen-bond donors (Lipinski definition) is 2. The first-order valence-corrected chi connectivity index (χ1v) is 7.93. The van der Waals surface area contributed by atoms with Gasteiger partial charge >= 0.3 is 0 Å². The summed E-state index contributed by atoms with van der Waals surface area (Å²) in [7, 11) is 0. The van der Waals surface area contributed by atoms with Gasteiger partial charge in [-0.25, -0.2) is 9.38 Å². The Morgan fingerprint density at radius 3 is 2.62 bits per heavy atom. The quantitative estimate of drug-likeness (QED) is 0.390. The Bertz CT molecular complexity index is 649. The van der Waals surface area contributed by atoms with Crippen molar-refractivity contribution in [1.82, 2.24) is 15.6 Å². The van der Waals surface area contributed by atoms with Crippen LogP contribution in [0.3, 0.4) is 0 Å². The maximum Gasteiger partial charge on any atom is 0.191 e. The van der Waals surface area contributed by atoms with E-state index < -0.39 is 0 Å². The van der Waals surface area contributed by atoms with E-state index in [1.807, 2.05) is 31.2 Å². The van der Waals surface area contributed by atoms with Crippen LogP contribution in [0.2, 0.25) is 5.02 Å². The molecule has 0 amide bonds. The summed E-state index contributed by atoms with van der Waals surface area (Å²) >= 11 is 5.87. The molecule has 0 aliphatic heterocycles. The Kier molecular flexibility index (Phi) is 9.63. The van der Waals surface area contributed by atoms with Gasteiger partial charge in [-0.2, -0.15) is 0 Å². The fraction of sp³-hybridized carbons (Fsp3) is 0.294. The van der Waals surface area contributed by atoms with Crippen LogP contribution in [0.4, 0.5) is 4.39 Å². The molecule has 1 aromatic carbocycles. The second-order valence-electron chi connectivity index (χ2n) is 4.93. The molecule has 2 aromatic rings. The summed E-state index contributed by atoms with van der Waals surface area (Å²) in [5.41, 5.74) is 1.52. The van der Waals surface area contributed by atoms with Crippen LogP contribution in [0.5, 0.6) is 0 Å². The lowest BCUT2D eigenvalue weighted by Crippen LogP contribution is -2.38. The number of nitrogens with zero attached hydrogens (tertiary/aromatic N) is 2. The summed E-state index contributed by atoms with van der Waals surface area (Å²) in [5, 5.41) is 7.09. The van der Waals surface area contributed by atoms with Crippen molar-refractivity contribution in [2.75, 3.05) is 13.1 Å². The molecule has 0 aliphatic carbocycles. The summed E-state index contributed by atoms with van der Waals surface area (Å²) in [6, 6.07) is 10.7. The van der Waals surface area contributed by atoms with Crippen molar-refractivity contribution in [3.05, 3.63) is 64.7 Å². The lowest BCUT2D eigenvalue weighted by molar-refractivity contribution is 0.599. The van der Waals surface area contributed by atoms with Gasteiger partial charge in [0.15, 0.2) is 5.96 Å². The molecule has 0 bridgehead atoms. The lowest BCUT2D eigenvalue weighted by atomic mass is 10.1. The summed E-state index contributed by atoms with van der Waals surface area (Å²) < 4.78 is 13.5. The van der Waals surface area contributed by atoms with E-state index in [1.54, 1.807) is 12.3 Å². The van der Waals surface area contributed by atoms with Crippen LogP contribution in [0, 0.1) is 5.82 Å². The molecule has 0 aliphatic rings. The Morgan fingerprint density at radius 1 is 1.21 bits per heavy atom. The third-order valence-electron chi connectivity index (χ3n) is 3.19. The van der Waals surface area contributed by atoms with Crippen molar-refractivity contribution >= 4 is 41.5 Å². The summed E-state index contributed by atoms with van der Waals surface area (Å²) in [6.07, 6.45) is 2.41. The van der Waals surface area contributed by atoms with Crippen molar-refractivity contribution in [1.29, 1.82) is 0 Å². The van der Waals surface area contributed by atoms with Gasteiger partial charge in [-0.15, -0.1) is 24.0 Å². The number of hydrogen-bond acceptors (Lipinski definition) is 2. The van der Waals surface area contributed by atoms with Gasteiger partial charge in [0.1, 0.15) is 5.82 Å². The Labute approximate surface area is 164 Å². The average molecular weight is 463 g/mol. The molecule has 24 heavy (non-hydrogen) atoms. The van der Waals surface area contributed by atoms with Crippen LogP contribution in [-0.4, -0.2) is 24.0 Å². The Balaban J connectivity index is 0.00000288. The maximum absolute atomic E-state index is 13.5. The van der Waals surface area contributed by atoms with Gasteiger partial charge in [0.2, 0.25) is 0 Å². The first-order chi connectivity index (χ1) is 11.2. The number of benzene rings is 1. The number of rotatable bonds is 6. The van der Waals surface area contributed by atoms with E-state index in [-0.39, 0.29) is 36.3 Å². The van der Waals surface area contributed by atoms with E-state index in [1.165, 1.54) is 11.6 Å². The van der Waals surface area contributed by atoms with Crippen molar-refractivity contribution < 1.29 is 4.39 Å². The van der Waals surface area contributed by atoms with Gasteiger partial charge in [0.25, 0.3) is 0 Å². The molecular weight excluding hydrogens is 442 g/mol. The highest BCUT2D eigenvalue weighted by molar-refractivity contribution is 14.0. The van der Waals surface area contributed by atoms with Crippen molar-refractivity contribution in [3.63, 3.8) is 0 Å². The van der Waals surface area contributed by atoms with Crippen molar-refractivity contribution in [3.8, 4) is 0 Å². The van der Waals surface area contributed by atoms with E-state index in [4.69, 9.17) is 11.6 Å².